The van der Waals surface area contributed by atoms with E-state index in [1.54, 1.807) is 23.1 Å². The van der Waals surface area contributed by atoms with Gasteiger partial charge in [0.2, 0.25) is 0 Å². The second kappa shape index (κ2) is 8.59. The van der Waals surface area contributed by atoms with Gasteiger partial charge < -0.3 is 16.0 Å². The van der Waals surface area contributed by atoms with Gasteiger partial charge in [0.15, 0.2) is 0 Å². The number of hydrogen-bond donors (Lipinski definition) is 2. The molecule has 1 fully saturated rings. The van der Waals surface area contributed by atoms with Gasteiger partial charge in [0, 0.05) is 6.54 Å². The summed E-state index contributed by atoms with van der Waals surface area (Å²) in [7, 11) is 0. The molecule has 1 aliphatic rings. The molecule has 2 amide bonds. The maximum Gasteiger partial charge on any atom is 0.313 e. The normalized spacial score (nSPS) is 19.3. The van der Waals surface area contributed by atoms with Crippen LogP contribution in [0.25, 0.3) is 0 Å². The highest BCUT2D eigenvalue weighted by molar-refractivity contribution is 6.39. The molecule has 3 N–H and O–H groups in total. The molecule has 0 spiro atoms. The predicted molar refractivity (Wildman–Crippen MR) is 111 cm³/mol. The van der Waals surface area contributed by atoms with Crippen LogP contribution < -0.4 is 11.1 Å². The molecule has 0 bridgehead atoms. The summed E-state index contributed by atoms with van der Waals surface area (Å²) in [5.41, 5.74) is 7.96. The fraction of sp³-hybridized carbons (Fsp3) is 0.409. The van der Waals surface area contributed by atoms with E-state index >= 15 is 0 Å². The minimum atomic E-state index is -0.715. The van der Waals surface area contributed by atoms with Crippen molar-refractivity contribution in [3.05, 3.63) is 53.5 Å². The molecule has 0 radical (unpaired) electrons. The van der Waals surface area contributed by atoms with Crippen LogP contribution in [0.1, 0.15) is 56.7 Å². The zero-order valence-electron chi connectivity index (χ0n) is 17.0. The lowest BCUT2D eigenvalue weighted by Gasteiger charge is -2.38. The standard InChI is InChI=1S/C22H27FN4O2/c1-13(2)18-10-17(11-25-20(18)24)26-21(28)22(29)27-12-14(3)4-9-19(27)15-5-7-16(23)8-6-15/h5-8,10-11,13-14,19H,4,9,12H2,1-3H3,(H2,24,25)(H,26,28)/t14-,19+/m0/s1. The second-order valence-corrected chi connectivity index (χ2v) is 8.01. The first-order valence-corrected chi connectivity index (χ1v) is 9.89. The van der Waals surface area contributed by atoms with Crippen molar-refractivity contribution < 1.29 is 14.0 Å². The molecule has 29 heavy (non-hydrogen) atoms. The Bertz CT molecular complexity index is 898. The number of likely N-dealkylation sites (tertiary alicyclic amines) is 1. The molecule has 2 heterocycles. The molecule has 0 saturated carbocycles. The molecule has 154 valence electrons. The molecule has 1 aromatic heterocycles. The lowest BCUT2D eigenvalue weighted by molar-refractivity contribution is -0.146. The second-order valence-electron chi connectivity index (χ2n) is 8.01. The molecule has 1 aliphatic heterocycles. The maximum atomic E-state index is 13.3. The van der Waals surface area contributed by atoms with Gasteiger partial charge >= 0.3 is 11.8 Å². The van der Waals surface area contributed by atoms with E-state index in [0.717, 1.165) is 24.0 Å². The number of nitrogens with one attached hydrogen (secondary N) is 1. The number of nitrogens with zero attached hydrogens (tertiary/aromatic N) is 2. The fourth-order valence-corrected chi connectivity index (χ4v) is 3.75. The van der Waals surface area contributed by atoms with E-state index in [1.165, 1.54) is 18.3 Å². The van der Waals surface area contributed by atoms with E-state index in [0.29, 0.717) is 18.1 Å². The van der Waals surface area contributed by atoms with Crippen molar-refractivity contribution in [2.75, 3.05) is 17.6 Å². The summed E-state index contributed by atoms with van der Waals surface area (Å²) in [5, 5.41) is 2.65. The van der Waals surface area contributed by atoms with Gasteiger partial charge in [-0.15, -0.1) is 0 Å². The molecular weight excluding hydrogens is 371 g/mol. The third kappa shape index (κ3) is 4.72. The number of aromatic nitrogens is 1. The number of piperidine rings is 1. The Labute approximate surface area is 170 Å². The predicted octanol–water partition coefficient (Wildman–Crippen LogP) is 3.86. The lowest BCUT2D eigenvalue weighted by Crippen LogP contribution is -2.46. The summed E-state index contributed by atoms with van der Waals surface area (Å²) in [5.74, 6) is -0.813. The van der Waals surface area contributed by atoms with Crippen LogP contribution in [0.15, 0.2) is 36.5 Å². The van der Waals surface area contributed by atoms with Crippen LogP contribution in [-0.4, -0.2) is 28.2 Å². The van der Waals surface area contributed by atoms with E-state index in [1.807, 2.05) is 13.8 Å². The number of pyridine rings is 1. The quantitative estimate of drug-likeness (QED) is 0.769. The third-order valence-electron chi connectivity index (χ3n) is 5.36. The lowest BCUT2D eigenvalue weighted by atomic mass is 9.90. The average Bonchev–Trinajstić information content (AvgIpc) is 2.69. The summed E-state index contributed by atoms with van der Waals surface area (Å²) in [6, 6.07) is 7.60. The summed E-state index contributed by atoms with van der Waals surface area (Å²) >= 11 is 0. The Balaban J connectivity index is 1.79. The Morgan fingerprint density at radius 2 is 1.93 bits per heavy atom. The van der Waals surface area contributed by atoms with Gasteiger partial charge in [-0.05, 0) is 54.0 Å². The maximum absolute atomic E-state index is 13.3. The number of halogens is 1. The molecule has 7 heteroatoms. The first kappa shape index (κ1) is 20.8. The van der Waals surface area contributed by atoms with Crippen molar-refractivity contribution in [3.8, 4) is 0 Å². The number of nitrogen functional groups attached to an aromatic ring is 1. The van der Waals surface area contributed by atoms with Crippen LogP contribution in [0.3, 0.4) is 0 Å². The number of hydrogen-bond acceptors (Lipinski definition) is 4. The zero-order chi connectivity index (χ0) is 21.1. The van der Waals surface area contributed by atoms with Crippen LogP contribution in [0, 0.1) is 11.7 Å². The highest BCUT2D eigenvalue weighted by Gasteiger charge is 2.34. The number of amides is 2. The Morgan fingerprint density at radius 1 is 1.24 bits per heavy atom. The van der Waals surface area contributed by atoms with Crippen molar-refractivity contribution in [2.24, 2.45) is 5.92 Å². The molecule has 1 aromatic carbocycles. The minimum absolute atomic E-state index is 0.140. The number of nitrogens with two attached hydrogens (primary N) is 1. The number of carbonyl (C=O) groups excluding carboxylic acids is 2. The van der Waals surface area contributed by atoms with E-state index < -0.39 is 11.8 Å². The number of rotatable bonds is 3. The van der Waals surface area contributed by atoms with Crippen LogP contribution >= 0.6 is 0 Å². The molecule has 0 unspecified atom stereocenters. The largest absolute Gasteiger partial charge is 0.383 e. The van der Waals surface area contributed by atoms with Gasteiger partial charge in [-0.1, -0.05) is 32.9 Å². The van der Waals surface area contributed by atoms with Gasteiger partial charge in [-0.25, -0.2) is 9.37 Å². The van der Waals surface area contributed by atoms with Crippen LogP contribution in [-0.2, 0) is 9.59 Å². The molecule has 3 rings (SSSR count). The Hall–Kier alpha value is -2.96. The fourth-order valence-electron chi connectivity index (χ4n) is 3.75. The van der Waals surface area contributed by atoms with Crippen LogP contribution in [0.5, 0.6) is 0 Å². The molecule has 0 aliphatic carbocycles. The summed E-state index contributed by atoms with van der Waals surface area (Å²) in [6.07, 6.45) is 3.11. The first-order chi connectivity index (χ1) is 13.8. The summed E-state index contributed by atoms with van der Waals surface area (Å²) < 4.78 is 13.3. The number of anilines is 2. The number of benzene rings is 1. The van der Waals surface area contributed by atoms with Crippen molar-refractivity contribution in [2.45, 2.75) is 45.6 Å². The minimum Gasteiger partial charge on any atom is -0.383 e. The zero-order valence-corrected chi connectivity index (χ0v) is 17.0. The topological polar surface area (TPSA) is 88.3 Å². The molecule has 2 atom stereocenters. The summed E-state index contributed by atoms with van der Waals surface area (Å²) in [6.45, 7) is 6.49. The molecular formula is C22H27FN4O2. The van der Waals surface area contributed by atoms with E-state index in [9.17, 15) is 14.0 Å². The molecule has 1 saturated heterocycles. The van der Waals surface area contributed by atoms with Gasteiger partial charge in [0.1, 0.15) is 11.6 Å². The third-order valence-corrected chi connectivity index (χ3v) is 5.36. The van der Waals surface area contributed by atoms with Gasteiger partial charge in [0.25, 0.3) is 0 Å². The van der Waals surface area contributed by atoms with Gasteiger partial charge in [-0.3, -0.25) is 9.59 Å². The Morgan fingerprint density at radius 3 is 2.59 bits per heavy atom. The summed E-state index contributed by atoms with van der Waals surface area (Å²) in [4.78, 5) is 31.4. The highest BCUT2D eigenvalue weighted by atomic mass is 19.1. The van der Waals surface area contributed by atoms with Crippen molar-refractivity contribution in [1.82, 2.24) is 9.88 Å². The smallest absolute Gasteiger partial charge is 0.313 e. The van der Waals surface area contributed by atoms with Crippen LogP contribution in [0.4, 0.5) is 15.9 Å². The SMILES string of the molecule is CC(C)c1cc(NC(=O)C(=O)N2C[C@@H](C)CC[C@@H]2c2ccc(F)cc2)cnc1N. The molecule has 2 aromatic rings. The number of carbonyl (C=O) groups is 2. The van der Waals surface area contributed by atoms with Crippen molar-refractivity contribution >= 4 is 23.3 Å². The van der Waals surface area contributed by atoms with Crippen molar-refractivity contribution in [1.29, 1.82) is 0 Å². The van der Waals surface area contributed by atoms with Crippen LogP contribution in [0.2, 0.25) is 0 Å². The Kier molecular flexibility index (Phi) is 6.15. The van der Waals surface area contributed by atoms with E-state index in [2.05, 4.69) is 17.2 Å². The first-order valence-electron chi connectivity index (χ1n) is 9.89. The van der Waals surface area contributed by atoms with Crippen molar-refractivity contribution in [3.63, 3.8) is 0 Å². The monoisotopic (exact) mass is 398 g/mol. The molecule has 6 nitrogen and oxygen atoms in total. The van der Waals surface area contributed by atoms with Gasteiger partial charge in [-0.2, -0.15) is 0 Å². The van der Waals surface area contributed by atoms with Gasteiger partial charge in [0.05, 0.1) is 17.9 Å². The average molecular weight is 398 g/mol. The van der Waals surface area contributed by atoms with E-state index in [-0.39, 0.29) is 23.7 Å². The van der Waals surface area contributed by atoms with E-state index in [4.69, 9.17) is 5.73 Å². The highest BCUT2D eigenvalue weighted by Crippen LogP contribution is 2.33.